The smallest absolute Gasteiger partial charge is 0.0915 e. The Morgan fingerprint density at radius 1 is 0.706 bits per heavy atom. The molecular weight excluding hydrogens is 347 g/mol. The van der Waals surface area contributed by atoms with Crippen LogP contribution in [-0.4, -0.2) is 3.94 Å². The molecule has 0 N–H and O–H groups in total. The average molecular weight is 359 g/mol. The summed E-state index contributed by atoms with van der Waals surface area (Å²) in [6.45, 7) is 0. The van der Waals surface area contributed by atoms with E-state index in [-0.39, 0.29) is 26.5 Å². The van der Waals surface area contributed by atoms with Crippen molar-refractivity contribution in [3.8, 4) is 0 Å². The minimum atomic E-state index is -0.134. The third kappa shape index (κ3) is 3.81. The van der Waals surface area contributed by atoms with Gasteiger partial charge in [-0.1, -0.05) is 60.7 Å². The summed E-state index contributed by atoms with van der Waals surface area (Å²) in [4.78, 5) is 0. The van der Waals surface area contributed by atoms with E-state index in [1.165, 1.54) is 3.94 Å². The van der Waals surface area contributed by atoms with Gasteiger partial charge in [-0.05, 0) is 34.7 Å². The van der Waals surface area contributed by atoms with Crippen LogP contribution in [0.25, 0.3) is 0 Å². The zero-order valence-electron chi connectivity index (χ0n) is 8.87. The first kappa shape index (κ1) is 14.7. The quantitative estimate of drug-likeness (QED) is 0.581. The summed E-state index contributed by atoms with van der Waals surface area (Å²) in [6, 6.07) is 19.7. The van der Waals surface area contributed by atoms with Crippen molar-refractivity contribution in [2.75, 3.05) is 0 Å². The molecule has 0 atom stereocenters. The Balaban J connectivity index is 0.00000144. The number of nitrogens with zero attached hydrogens (tertiary/aromatic N) is 1. The Morgan fingerprint density at radius 2 is 1.06 bits per heavy atom. The standard InChI is InChI=1S/C13H11Cl2N.Pd/c14-16(15)13(11-7-3-1-4-8-11)12-9-5-2-6-10-12;/h1-10,13H;. The molecule has 0 aliphatic heterocycles. The molecular formula is C13H11Cl2NPd. The van der Waals surface area contributed by atoms with Gasteiger partial charge in [0.25, 0.3) is 0 Å². The first-order valence-corrected chi connectivity index (χ1v) is 5.67. The van der Waals surface area contributed by atoms with Crippen molar-refractivity contribution >= 4 is 23.6 Å². The molecule has 92 valence electrons. The maximum absolute atomic E-state index is 5.91. The second-order valence-corrected chi connectivity index (χ2v) is 4.38. The van der Waals surface area contributed by atoms with Gasteiger partial charge in [0.05, 0.1) is 6.04 Å². The fraction of sp³-hybridized carbons (Fsp3) is 0.0769. The van der Waals surface area contributed by atoms with Gasteiger partial charge in [-0.15, -0.1) is 3.94 Å². The molecule has 0 aliphatic rings. The molecule has 0 bridgehead atoms. The molecule has 2 rings (SSSR count). The predicted octanol–water partition coefficient (Wildman–Crippen LogP) is 4.38. The van der Waals surface area contributed by atoms with Gasteiger partial charge in [0.2, 0.25) is 0 Å². The zero-order chi connectivity index (χ0) is 11.4. The molecule has 0 amide bonds. The van der Waals surface area contributed by atoms with Crippen molar-refractivity contribution in [1.29, 1.82) is 0 Å². The van der Waals surface area contributed by atoms with Crippen molar-refractivity contribution in [1.82, 2.24) is 3.94 Å². The largest absolute Gasteiger partial charge is 0.120 e. The van der Waals surface area contributed by atoms with Crippen LogP contribution in [0.5, 0.6) is 0 Å². The molecule has 0 aliphatic carbocycles. The Labute approximate surface area is 125 Å². The molecule has 0 saturated heterocycles. The minimum Gasteiger partial charge on any atom is -0.120 e. The molecule has 0 fully saturated rings. The van der Waals surface area contributed by atoms with Crippen LogP contribution in [0, 0.1) is 0 Å². The van der Waals surface area contributed by atoms with Crippen LogP contribution in [0.1, 0.15) is 17.2 Å². The second kappa shape index (κ2) is 7.16. The summed E-state index contributed by atoms with van der Waals surface area (Å²) in [5.41, 5.74) is 2.14. The Morgan fingerprint density at radius 3 is 1.35 bits per heavy atom. The third-order valence-electron chi connectivity index (χ3n) is 2.43. The molecule has 0 saturated carbocycles. The number of hydrogen-bond acceptors (Lipinski definition) is 1. The molecule has 4 heteroatoms. The van der Waals surface area contributed by atoms with E-state index in [2.05, 4.69) is 0 Å². The Hall–Kier alpha value is -0.358. The molecule has 2 aromatic rings. The van der Waals surface area contributed by atoms with Crippen LogP contribution < -0.4 is 0 Å². The van der Waals surface area contributed by atoms with E-state index in [1.54, 1.807) is 0 Å². The van der Waals surface area contributed by atoms with Crippen molar-refractivity contribution in [2.45, 2.75) is 6.04 Å². The van der Waals surface area contributed by atoms with E-state index >= 15 is 0 Å². The van der Waals surface area contributed by atoms with Gasteiger partial charge in [0, 0.05) is 20.4 Å². The third-order valence-corrected chi connectivity index (χ3v) is 2.82. The summed E-state index contributed by atoms with van der Waals surface area (Å²) >= 11 is 11.8. The van der Waals surface area contributed by atoms with E-state index in [9.17, 15) is 0 Å². The van der Waals surface area contributed by atoms with Gasteiger partial charge < -0.3 is 0 Å². The number of rotatable bonds is 3. The maximum atomic E-state index is 5.91. The van der Waals surface area contributed by atoms with Crippen LogP contribution in [0.2, 0.25) is 0 Å². The summed E-state index contributed by atoms with van der Waals surface area (Å²) in [5.74, 6) is 0. The number of hydrogen-bond donors (Lipinski definition) is 0. The predicted molar refractivity (Wildman–Crippen MR) is 68.3 cm³/mol. The van der Waals surface area contributed by atoms with Crippen LogP contribution >= 0.6 is 23.6 Å². The maximum Gasteiger partial charge on any atom is 0.0915 e. The van der Waals surface area contributed by atoms with Crippen molar-refractivity contribution in [3.05, 3.63) is 71.8 Å². The van der Waals surface area contributed by atoms with Crippen LogP contribution in [0.15, 0.2) is 60.7 Å². The minimum absolute atomic E-state index is 0. The first-order valence-electron chi connectivity index (χ1n) is 4.99. The van der Waals surface area contributed by atoms with E-state index < -0.39 is 0 Å². The van der Waals surface area contributed by atoms with Gasteiger partial charge in [-0.3, -0.25) is 0 Å². The molecule has 0 unspecified atom stereocenters. The summed E-state index contributed by atoms with van der Waals surface area (Å²) in [6.07, 6.45) is 0. The molecule has 2 aromatic carbocycles. The van der Waals surface area contributed by atoms with E-state index in [4.69, 9.17) is 23.6 Å². The van der Waals surface area contributed by atoms with Gasteiger partial charge in [-0.2, -0.15) is 0 Å². The SMILES string of the molecule is ClN(Cl)C(c1ccccc1)c1ccccc1.[Pd]. The van der Waals surface area contributed by atoms with E-state index in [0.717, 1.165) is 11.1 Å². The fourth-order valence-electron chi connectivity index (χ4n) is 1.69. The van der Waals surface area contributed by atoms with Gasteiger partial charge in [-0.25, -0.2) is 0 Å². The molecule has 0 heterocycles. The second-order valence-electron chi connectivity index (χ2n) is 3.48. The summed E-state index contributed by atoms with van der Waals surface area (Å²) in [7, 11) is 0. The molecule has 0 spiro atoms. The van der Waals surface area contributed by atoms with Crippen molar-refractivity contribution in [3.63, 3.8) is 0 Å². The Kier molecular flexibility index (Phi) is 6.19. The van der Waals surface area contributed by atoms with Crippen molar-refractivity contribution < 1.29 is 20.4 Å². The van der Waals surface area contributed by atoms with Crippen LogP contribution in [0.3, 0.4) is 0 Å². The van der Waals surface area contributed by atoms with E-state index in [1.807, 2.05) is 60.7 Å². The van der Waals surface area contributed by atoms with Gasteiger partial charge >= 0.3 is 0 Å². The zero-order valence-corrected chi connectivity index (χ0v) is 11.9. The van der Waals surface area contributed by atoms with Crippen LogP contribution in [-0.2, 0) is 20.4 Å². The fourth-order valence-corrected chi connectivity index (χ4v) is 2.14. The summed E-state index contributed by atoms with van der Waals surface area (Å²) < 4.78 is 1.19. The van der Waals surface area contributed by atoms with Gasteiger partial charge in [0.15, 0.2) is 0 Å². The first-order chi connectivity index (χ1) is 7.79. The molecule has 0 radical (unpaired) electrons. The Bertz CT molecular complexity index is 394. The average Bonchev–Trinajstić information content (AvgIpc) is 2.31. The number of halogens is 2. The molecule has 17 heavy (non-hydrogen) atoms. The number of benzene rings is 2. The monoisotopic (exact) mass is 357 g/mol. The van der Waals surface area contributed by atoms with Crippen LogP contribution in [0.4, 0.5) is 0 Å². The normalized spacial score (nSPS) is 10.4. The summed E-state index contributed by atoms with van der Waals surface area (Å²) in [5, 5.41) is 0. The molecule has 1 nitrogen and oxygen atoms in total. The van der Waals surface area contributed by atoms with Gasteiger partial charge in [0.1, 0.15) is 0 Å². The topological polar surface area (TPSA) is 3.24 Å². The molecule has 0 aromatic heterocycles. The van der Waals surface area contributed by atoms with E-state index in [0.29, 0.717) is 0 Å². The van der Waals surface area contributed by atoms with Crippen molar-refractivity contribution in [2.24, 2.45) is 0 Å².